The van der Waals surface area contributed by atoms with Crippen LogP contribution < -0.4 is 0 Å². The van der Waals surface area contributed by atoms with Gasteiger partial charge in [0, 0.05) is 5.02 Å². The van der Waals surface area contributed by atoms with E-state index in [9.17, 15) is 5.11 Å². The van der Waals surface area contributed by atoms with Crippen LogP contribution in [-0.4, -0.2) is 11.2 Å². The lowest BCUT2D eigenvalue weighted by Crippen LogP contribution is -2.34. The Morgan fingerprint density at radius 1 is 0.955 bits per heavy atom. The molecule has 1 aromatic rings. The number of halogens is 1. The van der Waals surface area contributed by atoms with E-state index < -0.39 is 0 Å². The highest BCUT2D eigenvalue weighted by atomic mass is 35.5. The monoisotopic (exact) mass is 320 g/mol. The van der Waals surface area contributed by atoms with Crippen LogP contribution in [0.1, 0.15) is 76.2 Å². The smallest absolute Gasteiger partial charge is 0.0540 e. The van der Waals surface area contributed by atoms with E-state index in [-0.39, 0.29) is 6.10 Å². The van der Waals surface area contributed by atoms with Gasteiger partial charge in [0.25, 0.3) is 0 Å². The summed E-state index contributed by atoms with van der Waals surface area (Å²) in [7, 11) is 0. The molecule has 0 spiro atoms. The van der Waals surface area contributed by atoms with E-state index >= 15 is 0 Å². The van der Waals surface area contributed by atoms with E-state index in [2.05, 4.69) is 12.1 Å². The highest BCUT2D eigenvalue weighted by molar-refractivity contribution is 6.30. The largest absolute Gasteiger partial charge is 0.393 e. The summed E-state index contributed by atoms with van der Waals surface area (Å²) in [6, 6.07) is 8.57. The van der Waals surface area contributed by atoms with Gasteiger partial charge in [-0.15, -0.1) is 0 Å². The molecule has 0 aliphatic heterocycles. The van der Waals surface area contributed by atoms with Crippen molar-refractivity contribution in [3.05, 3.63) is 34.9 Å². The van der Waals surface area contributed by atoms with Gasteiger partial charge in [-0.25, -0.2) is 0 Å². The van der Waals surface area contributed by atoms with Crippen molar-refractivity contribution in [3.8, 4) is 0 Å². The Bertz CT molecular complexity index is 463. The van der Waals surface area contributed by atoms with Crippen molar-refractivity contribution in [1.82, 2.24) is 0 Å². The summed E-state index contributed by atoms with van der Waals surface area (Å²) in [6.45, 7) is 0. The van der Waals surface area contributed by atoms with E-state index in [0.717, 1.165) is 23.8 Å². The summed E-state index contributed by atoms with van der Waals surface area (Å²) >= 11 is 6.05. The fraction of sp³-hybridized carbons (Fsp3) is 0.700. The van der Waals surface area contributed by atoms with Crippen molar-refractivity contribution >= 4 is 11.6 Å². The maximum atomic E-state index is 9.91. The Hall–Kier alpha value is -0.530. The molecule has 2 atom stereocenters. The first-order chi connectivity index (χ1) is 10.7. The van der Waals surface area contributed by atoms with Crippen molar-refractivity contribution in [2.24, 2.45) is 5.92 Å². The van der Waals surface area contributed by atoms with Gasteiger partial charge in [-0.1, -0.05) is 49.4 Å². The fourth-order valence-corrected chi connectivity index (χ4v) is 4.51. The van der Waals surface area contributed by atoms with E-state index in [1.807, 2.05) is 12.1 Å². The molecule has 3 rings (SSSR count). The Morgan fingerprint density at radius 3 is 2.36 bits per heavy atom. The zero-order chi connectivity index (χ0) is 15.4. The summed E-state index contributed by atoms with van der Waals surface area (Å²) in [6.07, 6.45) is 13.8. The van der Waals surface area contributed by atoms with Crippen LogP contribution in [0.15, 0.2) is 24.3 Å². The van der Waals surface area contributed by atoms with Crippen LogP contribution in [0, 0.1) is 5.92 Å². The predicted molar refractivity (Wildman–Crippen MR) is 93.4 cm³/mol. The van der Waals surface area contributed by atoms with Crippen LogP contribution in [0.5, 0.6) is 0 Å². The Morgan fingerprint density at radius 2 is 1.68 bits per heavy atom. The molecule has 1 N–H and O–H groups in total. The number of hydrogen-bond donors (Lipinski definition) is 1. The van der Waals surface area contributed by atoms with Gasteiger partial charge < -0.3 is 5.11 Å². The van der Waals surface area contributed by atoms with Gasteiger partial charge in [0.15, 0.2) is 0 Å². The van der Waals surface area contributed by atoms with Crippen molar-refractivity contribution in [3.63, 3.8) is 0 Å². The highest BCUT2D eigenvalue weighted by Gasteiger charge is 2.38. The summed E-state index contributed by atoms with van der Waals surface area (Å²) in [4.78, 5) is 0. The number of benzene rings is 1. The molecule has 2 fully saturated rings. The Balaban J connectivity index is 1.59. The Kier molecular flexibility index (Phi) is 5.46. The van der Waals surface area contributed by atoms with Crippen LogP contribution in [-0.2, 0) is 5.41 Å². The third kappa shape index (κ3) is 3.86. The quantitative estimate of drug-likeness (QED) is 0.735. The van der Waals surface area contributed by atoms with Crippen molar-refractivity contribution in [1.29, 1.82) is 0 Å². The van der Waals surface area contributed by atoms with Gasteiger partial charge in [-0.05, 0) is 74.0 Å². The molecule has 1 aromatic carbocycles. The highest BCUT2D eigenvalue weighted by Crippen LogP contribution is 2.48. The number of rotatable bonds is 4. The van der Waals surface area contributed by atoms with Gasteiger partial charge in [0.2, 0.25) is 0 Å². The molecule has 1 nitrogen and oxygen atoms in total. The van der Waals surface area contributed by atoms with Crippen LogP contribution in [0.2, 0.25) is 5.02 Å². The van der Waals surface area contributed by atoms with Gasteiger partial charge >= 0.3 is 0 Å². The molecule has 2 heteroatoms. The molecule has 2 aliphatic rings. The van der Waals surface area contributed by atoms with Crippen molar-refractivity contribution < 1.29 is 5.11 Å². The topological polar surface area (TPSA) is 20.2 Å². The third-order valence-corrected chi connectivity index (χ3v) is 6.36. The van der Waals surface area contributed by atoms with Gasteiger partial charge in [0.1, 0.15) is 0 Å². The lowest BCUT2D eigenvalue weighted by molar-refractivity contribution is 0.124. The summed E-state index contributed by atoms with van der Waals surface area (Å²) in [5.41, 5.74) is 1.92. The summed E-state index contributed by atoms with van der Waals surface area (Å²) in [5, 5.41) is 10.7. The Labute approximate surface area is 140 Å². The molecular weight excluding hydrogens is 292 g/mol. The van der Waals surface area contributed by atoms with E-state index in [4.69, 9.17) is 11.6 Å². The summed E-state index contributed by atoms with van der Waals surface area (Å²) in [5.74, 6) is 0.819. The third-order valence-electron chi connectivity index (χ3n) is 6.11. The van der Waals surface area contributed by atoms with Gasteiger partial charge in [-0.2, -0.15) is 0 Å². The molecule has 0 saturated heterocycles. The minimum atomic E-state index is -0.0447. The molecule has 2 saturated carbocycles. The second-order valence-electron chi connectivity index (χ2n) is 7.56. The molecule has 22 heavy (non-hydrogen) atoms. The molecule has 0 radical (unpaired) electrons. The summed E-state index contributed by atoms with van der Waals surface area (Å²) < 4.78 is 0. The standard InChI is InChI=1S/C20H29ClO/c21-18-9-7-17(8-10-18)20(13-3-14-20)15-12-16-4-1-2-5-19(22)11-6-16/h7-10,16,19,22H,1-6,11-15H2. The molecular formula is C20H29ClO. The van der Waals surface area contributed by atoms with Crippen LogP contribution >= 0.6 is 11.6 Å². The average Bonchev–Trinajstić information content (AvgIpc) is 2.46. The number of aliphatic hydroxyl groups is 1. The van der Waals surface area contributed by atoms with E-state index in [0.29, 0.717) is 5.41 Å². The SMILES string of the molecule is OC1CCCCC(CCC2(c3ccc(Cl)cc3)CCC2)CC1. The number of aliphatic hydroxyl groups excluding tert-OH is 1. The van der Waals surface area contributed by atoms with E-state index in [1.165, 1.54) is 63.4 Å². The molecule has 0 aromatic heterocycles. The number of hydrogen-bond acceptors (Lipinski definition) is 1. The molecule has 0 amide bonds. The van der Waals surface area contributed by atoms with Crippen LogP contribution in [0.3, 0.4) is 0 Å². The zero-order valence-corrected chi connectivity index (χ0v) is 14.3. The minimum absolute atomic E-state index is 0.0447. The molecule has 2 aliphatic carbocycles. The van der Waals surface area contributed by atoms with Crippen molar-refractivity contribution in [2.75, 3.05) is 0 Å². The van der Waals surface area contributed by atoms with Crippen molar-refractivity contribution in [2.45, 2.75) is 82.1 Å². The second-order valence-corrected chi connectivity index (χ2v) is 8.00. The predicted octanol–water partition coefficient (Wildman–Crippen LogP) is 5.87. The van der Waals surface area contributed by atoms with Gasteiger partial charge in [-0.3, -0.25) is 0 Å². The van der Waals surface area contributed by atoms with E-state index in [1.54, 1.807) is 0 Å². The first-order valence-electron chi connectivity index (χ1n) is 9.12. The average molecular weight is 321 g/mol. The second kappa shape index (κ2) is 7.36. The maximum Gasteiger partial charge on any atom is 0.0540 e. The molecule has 0 bridgehead atoms. The lowest BCUT2D eigenvalue weighted by Gasteiger charge is -2.43. The van der Waals surface area contributed by atoms with Crippen LogP contribution in [0.25, 0.3) is 0 Å². The first kappa shape index (κ1) is 16.3. The minimum Gasteiger partial charge on any atom is -0.393 e. The molecule has 2 unspecified atom stereocenters. The first-order valence-corrected chi connectivity index (χ1v) is 9.50. The normalized spacial score (nSPS) is 28.5. The lowest BCUT2D eigenvalue weighted by atomic mass is 9.61. The molecule has 0 heterocycles. The van der Waals surface area contributed by atoms with Crippen LogP contribution in [0.4, 0.5) is 0 Å². The zero-order valence-electron chi connectivity index (χ0n) is 13.6. The fourth-order valence-electron chi connectivity index (χ4n) is 4.39. The van der Waals surface area contributed by atoms with Gasteiger partial charge in [0.05, 0.1) is 6.10 Å². The maximum absolute atomic E-state index is 9.91. The molecule has 122 valence electrons.